The van der Waals surface area contributed by atoms with Crippen LogP contribution in [0.15, 0.2) is 29.1 Å². The maximum Gasteiger partial charge on any atom is 0.0980 e. The molecule has 0 N–H and O–H groups in total. The molecule has 0 spiro atoms. The van der Waals surface area contributed by atoms with Gasteiger partial charge in [0.05, 0.1) is 12.5 Å². The van der Waals surface area contributed by atoms with Crippen LogP contribution in [0.5, 0.6) is 0 Å². The number of hydrogen-bond acceptors (Lipinski definition) is 1. The van der Waals surface area contributed by atoms with Gasteiger partial charge in [0.15, 0.2) is 0 Å². The van der Waals surface area contributed by atoms with Gasteiger partial charge in [0.1, 0.15) is 0 Å². The third-order valence-corrected chi connectivity index (χ3v) is 1.52. The minimum atomic E-state index is 1.12. The number of fused-ring (bicyclic) bond motifs is 1. The largest absolute Gasteiger partial charge is 0.472 e. The Hall–Kier alpha value is -1.24. The minimum absolute atomic E-state index is 1.12. The van der Waals surface area contributed by atoms with E-state index in [1.165, 1.54) is 0 Å². The highest BCUT2D eigenvalue weighted by atomic mass is 16.3. The van der Waals surface area contributed by atoms with Crippen LogP contribution in [0, 0.1) is 13.0 Å². The summed E-state index contributed by atoms with van der Waals surface area (Å²) in [4.78, 5) is 0. The molecule has 1 aliphatic carbocycles. The predicted molar refractivity (Wildman–Crippen MR) is 38.9 cm³/mol. The molecule has 0 bridgehead atoms. The van der Waals surface area contributed by atoms with E-state index in [2.05, 4.69) is 12.1 Å². The predicted octanol–water partition coefficient (Wildman–Crippen LogP) is 2.49. The highest BCUT2D eigenvalue weighted by molar-refractivity contribution is 5.65. The molecule has 1 aliphatic heterocycles. The van der Waals surface area contributed by atoms with Gasteiger partial charge in [0.25, 0.3) is 0 Å². The van der Waals surface area contributed by atoms with E-state index in [1.54, 1.807) is 12.5 Å². The van der Waals surface area contributed by atoms with Crippen molar-refractivity contribution in [1.82, 2.24) is 0 Å². The van der Waals surface area contributed by atoms with E-state index in [4.69, 9.17) is 4.42 Å². The Kier molecular flexibility index (Phi) is 1.04. The van der Waals surface area contributed by atoms with Gasteiger partial charge in [-0.2, -0.15) is 0 Å². The standard InChI is InChI=1S/C9H7O/c1-7-4-8-2-3-10-6-9(8)5-7/h2-3,5-6H,1H3. The second-order valence-corrected chi connectivity index (χ2v) is 2.38. The molecule has 49 valence electrons. The fraction of sp³-hybridized carbons (Fsp3) is 0.111. The van der Waals surface area contributed by atoms with Gasteiger partial charge in [-0.05, 0) is 36.2 Å². The molecule has 0 saturated carbocycles. The Morgan fingerprint density at radius 3 is 3.20 bits per heavy atom. The van der Waals surface area contributed by atoms with Gasteiger partial charge in [-0.3, -0.25) is 0 Å². The molecule has 1 heterocycles. The third kappa shape index (κ3) is 0.711. The first kappa shape index (κ1) is 5.54. The molecule has 0 atom stereocenters. The molecule has 0 unspecified atom stereocenters. The van der Waals surface area contributed by atoms with Gasteiger partial charge in [-0.25, -0.2) is 0 Å². The van der Waals surface area contributed by atoms with Gasteiger partial charge in [0.2, 0.25) is 0 Å². The van der Waals surface area contributed by atoms with E-state index in [0.29, 0.717) is 0 Å². The van der Waals surface area contributed by atoms with Crippen LogP contribution in [-0.2, 0) is 0 Å². The van der Waals surface area contributed by atoms with Crippen LogP contribution in [0.2, 0.25) is 0 Å². The molecule has 2 rings (SSSR count). The molecule has 1 heteroatoms. The minimum Gasteiger partial charge on any atom is -0.472 e. The van der Waals surface area contributed by atoms with Crippen molar-refractivity contribution in [2.24, 2.45) is 0 Å². The van der Waals surface area contributed by atoms with E-state index < -0.39 is 0 Å². The number of hydrogen-bond donors (Lipinski definition) is 0. The Balaban J connectivity index is 2.76. The molecule has 1 radical (unpaired) electrons. The van der Waals surface area contributed by atoms with Crippen molar-refractivity contribution in [3.8, 4) is 11.1 Å². The zero-order valence-corrected chi connectivity index (χ0v) is 5.72. The first-order valence-corrected chi connectivity index (χ1v) is 3.21. The van der Waals surface area contributed by atoms with Crippen LogP contribution in [0.4, 0.5) is 0 Å². The normalized spacial score (nSPS) is 10.5. The van der Waals surface area contributed by atoms with E-state index in [9.17, 15) is 0 Å². The summed E-state index contributed by atoms with van der Waals surface area (Å²) in [6.45, 7) is 2.03. The van der Waals surface area contributed by atoms with Crippen molar-refractivity contribution < 1.29 is 4.42 Å². The molecular weight excluding hydrogens is 124 g/mol. The summed E-state index contributed by atoms with van der Waals surface area (Å²) in [6, 6.07) is 7.17. The Morgan fingerprint density at radius 2 is 2.40 bits per heavy atom. The smallest absolute Gasteiger partial charge is 0.0980 e. The summed E-state index contributed by atoms with van der Waals surface area (Å²) in [5, 5.41) is 0. The quantitative estimate of drug-likeness (QED) is 0.535. The number of aryl methyl sites for hydroxylation is 1. The van der Waals surface area contributed by atoms with Crippen molar-refractivity contribution >= 4 is 0 Å². The molecule has 0 amide bonds. The maximum atomic E-state index is 4.98. The molecule has 2 aliphatic rings. The van der Waals surface area contributed by atoms with Crippen LogP contribution in [0.25, 0.3) is 11.1 Å². The first-order valence-electron chi connectivity index (χ1n) is 3.21. The lowest BCUT2D eigenvalue weighted by atomic mass is 10.2. The molecule has 0 fully saturated rings. The van der Waals surface area contributed by atoms with Crippen LogP contribution >= 0.6 is 0 Å². The molecule has 10 heavy (non-hydrogen) atoms. The average molecular weight is 131 g/mol. The van der Waals surface area contributed by atoms with Crippen LogP contribution in [-0.4, -0.2) is 0 Å². The van der Waals surface area contributed by atoms with Gasteiger partial charge >= 0.3 is 0 Å². The Labute approximate surface area is 59.6 Å². The summed E-state index contributed by atoms with van der Waals surface area (Å²) in [5.74, 6) is 0. The summed E-state index contributed by atoms with van der Waals surface area (Å²) >= 11 is 0. The van der Waals surface area contributed by atoms with E-state index in [-0.39, 0.29) is 0 Å². The van der Waals surface area contributed by atoms with Crippen molar-refractivity contribution in [2.75, 3.05) is 0 Å². The van der Waals surface area contributed by atoms with Gasteiger partial charge in [0, 0.05) is 5.56 Å². The lowest BCUT2D eigenvalue weighted by Gasteiger charge is -1.91. The van der Waals surface area contributed by atoms with Crippen LogP contribution in [0.1, 0.15) is 5.56 Å². The maximum absolute atomic E-state index is 4.98. The van der Waals surface area contributed by atoms with E-state index >= 15 is 0 Å². The molecule has 1 nitrogen and oxygen atoms in total. The zero-order valence-electron chi connectivity index (χ0n) is 5.72. The van der Waals surface area contributed by atoms with Crippen LogP contribution < -0.4 is 0 Å². The van der Waals surface area contributed by atoms with Crippen molar-refractivity contribution in [1.29, 1.82) is 0 Å². The van der Waals surface area contributed by atoms with E-state index in [1.807, 2.05) is 13.0 Å². The monoisotopic (exact) mass is 131 g/mol. The molecule has 0 aromatic heterocycles. The summed E-state index contributed by atoms with van der Waals surface area (Å²) in [5.41, 5.74) is 3.42. The van der Waals surface area contributed by atoms with Gasteiger partial charge in [-0.1, -0.05) is 0 Å². The topological polar surface area (TPSA) is 13.1 Å². The molecule has 0 saturated heterocycles. The highest BCUT2D eigenvalue weighted by Crippen LogP contribution is 2.23. The van der Waals surface area contributed by atoms with Crippen molar-refractivity contribution in [3.63, 3.8) is 0 Å². The van der Waals surface area contributed by atoms with Gasteiger partial charge in [-0.15, -0.1) is 0 Å². The second-order valence-electron chi connectivity index (χ2n) is 2.38. The fourth-order valence-corrected chi connectivity index (χ4v) is 1.09. The van der Waals surface area contributed by atoms with E-state index in [0.717, 1.165) is 16.7 Å². The van der Waals surface area contributed by atoms with Crippen molar-refractivity contribution in [2.45, 2.75) is 6.92 Å². The fourth-order valence-electron chi connectivity index (χ4n) is 1.09. The zero-order chi connectivity index (χ0) is 6.97. The summed E-state index contributed by atoms with van der Waals surface area (Å²) < 4.78 is 4.98. The van der Waals surface area contributed by atoms with Crippen molar-refractivity contribution in [3.05, 3.63) is 36.3 Å². The average Bonchev–Trinajstić information content (AvgIpc) is 2.27. The van der Waals surface area contributed by atoms with Crippen LogP contribution in [0.3, 0.4) is 0 Å². The molecule has 0 aromatic rings. The summed E-state index contributed by atoms with van der Waals surface area (Å²) in [7, 11) is 0. The third-order valence-electron chi connectivity index (χ3n) is 1.52. The van der Waals surface area contributed by atoms with Gasteiger partial charge < -0.3 is 4.42 Å². The second kappa shape index (κ2) is 1.87. The Morgan fingerprint density at radius 1 is 1.50 bits per heavy atom. The number of rotatable bonds is 0. The summed E-state index contributed by atoms with van der Waals surface area (Å²) in [6.07, 6.45) is 3.40. The lowest BCUT2D eigenvalue weighted by molar-refractivity contribution is 0.552. The first-order chi connectivity index (χ1) is 4.86. The highest BCUT2D eigenvalue weighted by Gasteiger charge is 2.02. The molecular formula is C9H7O. The SMILES string of the molecule is Cc1[c]c2ccocc-2c1. The lowest BCUT2D eigenvalue weighted by Crippen LogP contribution is -1.67. The Bertz CT molecular complexity index is 279. The molecule has 0 aromatic carbocycles.